The molecule has 0 amide bonds. The van der Waals surface area contributed by atoms with Crippen LogP contribution in [-0.2, 0) is 50.6 Å². The summed E-state index contributed by atoms with van der Waals surface area (Å²) in [6.45, 7) is 0. The Morgan fingerprint density at radius 1 is 0.234 bits per heavy atom. The summed E-state index contributed by atoms with van der Waals surface area (Å²) in [6, 6.07) is 0. The van der Waals surface area contributed by atoms with E-state index in [1.54, 1.807) is 0 Å². The van der Waals surface area contributed by atoms with Crippen molar-refractivity contribution >= 4 is 50.6 Å². The normalized spacial score (nSPS) is 18.3. The molecule has 676 valence electrons. The van der Waals surface area contributed by atoms with Crippen LogP contribution >= 0.6 is 0 Å². The zero-order valence-corrected chi connectivity index (χ0v) is 54.2. The van der Waals surface area contributed by atoms with Gasteiger partial charge in [-0.05, 0) is 0 Å². The van der Waals surface area contributed by atoms with Crippen molar-refractivity contribution in [2.75, 3.05) is 0 Å². The standard InChI is InChI=1S/C8H2F16O3S.2C7H2F14O3S.2C4H4F6O3S.5CH3/c9-1(3(11,12)13)2(10,28(25,26)27)4(14,15)5(16,17)6(18,19)7(20,21)8(22,23)24;8-1(3(10,11)12)2(9,25(22,23)24)4(13,14)5(15,16)6(17,18)7(19,20)21;8-1(3(11,6(16,17)18)25(22,23)24)2(9,10)4(12,13)5(14,15)7(19,20)21;5-2(6)1-3(7,4(8,9)10)14(11,12)13;5-2(4(8,9)10)1(3(6)7)14(11,12)13;;;;;/h1H,(H,25,26,27);2*1H,(H,22,23,24);2H,1H2,(H,11,12,13);1-3H,(H,11,12,13);5*1H3/q;;;;;5*+1/p-5. The molecule has 0 aliphatic heterocycles. The predicted octanol–water partition coefficient (Wildman–Crippen LogP) is 16.1. The van der Waals surface area contributed by atoms with E-state index in [1.165, 1.54) is 0 Å². The van der Waals surface area contributed by atoms with Crippen LogP contribution in [0.5, 0.6) is 0 Å². The molecule has 111 heavy (non-hydrogen) atoms. The molecule has 0 radical (unpaired) electrons. The van der Waals surface area contributed by atoms with E-state index in [1.807, 2.05) is 0 Å². The van der Waals surface area contributed by atoms with Gasteiger partial charge in [0, 0.05) is 37.1 Å². The van der Waals surface area contributed by atoms with E-state index in [0.717, 1.165) is 0 Å². The van der Waals surface area contributed by atoms with Gasteiger partial charge in [0.15, 0.2) is 5.25 Å². The van der Waals surface area contributed by atoms with Crippen molar-refractivity contribution in [2.45, 2.75) is 178 Å². The number of rotatable bonds is 22. The van der Waals surface area contributed by atoms with E-state index in [9.17, 15) is 311 Å². The summed E-state index contributed by atoms with van der Waals surface area (Å²) in [4.78, 5) is 0. The first-order valence-electron chi connectivity index (χ1n) is 21.3. The second kappa shape index (κ2) is 35.4. The Kier molecular flexibility index (Phi) is 40.5. The molecule has 0 saturated heterocycles. The fourth-order valence-electron chi connectivity index (χ4n) is 5.02. The highest BCUT2D eigenvalue weighted by molar-refractivity contribution is 7.88. The molecular weight excluding hydrogens is 1880 g/mol. The molecule has 76 heteroatoms. The highest BCUT2D eigenvalue weighted by Crippen LogP contribution is 2.65. The van der Waals surface area contributed by atoms with Crippen LogP contribution in [0.3, 0.4) is 0 Å². The summed E-state index contributed by atoms with van der Waals surface area (Å²) in [5, 5.41) is -32.5. The summed E-state index contributed by atoms with van der Waals surface area (Å²) in [5.41, 5.74) is 0. The maximum atomic E-state index is 13.6. The van der Waals surface area contributed by atoms with E-state index in [2.05, 4.69) is 0 Å². The Hall–Kier alpha value is -5.02. The minimum absolute atomic E-state index is 0. The summed E-state index contributed by atoms with van der Waals surface area (Å²) < 4.78 is 841. The van der Waals surface area contributed by atoms with Crippen molar-refractivity contribution < 1.29 is 311 Å². The molecule has 0 aliphatic carbocycles. The van der Waals surface area contributed by atoms with Crippen molar-refractivity contribution in [1.29, 1.82) is 0 Å². The van der Waals surface area contributed by atoms with Gasteiger partial charge in [-0.1, -0.05) is 0 Å². The summed E-state index contributed by atoms with van der Waals surface area (Å²) in [5.74, 6) is -82.8. The van der Waals surface area contributed by atoms with Gasteiger partial charge in [-0.3, -0.25) is 0 Å². The van der Waals surface area contributed by atoms with Gasteiger partial charge in [0.2, 0.25) is 31.1 Å². The molecule has 0 heterocycles. The molecule has 9 unspecified atom stereocenters. The second-order valence-electron chi connectivity index (χ2n) is 17.8. The van der Waals surface area contributed by atoms with Gasteiger partial charge in [0.05, 0.1) is 6.42 Å². The van der Waals surface area contributed by atoms with E-state index < -0.39 is 228 Å². The number of hydrogen-bond acceptors (Lipinski definition) is 15. The third-order valence-electron chi connectivity index (χ3n) is 10.5. The quantitative estimate of drug-likeness (QED) is 0.0553. The molecule has 0 aromatic carbocycles. The zero-order chi connectivity index (χ0) is 89.2. The molecule has 0 aromatic heterocycles. The van der Waals surface area contributed by atoms with Crippen molar-refractivity contribution in [3.63, 3.8) is 0 Å². The first-order chi connectivity index (χ1) is 44.4. The molecule has 0 N–H and O–H groups in total. The lowest BCUT2D eigenvalue weighted by Gasteiger charge is -2.44. The summed E-state index contributed by atoms with van der Waals surface area (Å²) in [6.07, 6.45) is -92.0. The predicted molar refractivity (Wildman–Crippen MR) is 234 cm³/mol. The van der Waals surface area contributed by atoms with Gasteiger partial charge in [-0.2, -0.15) is 193 Å². The van der Waals surface area contributed by atoms with Gasteiger partial charge in [0.1, 0.15) is 50.6 Å². The topological polar surface area (TPSA) is 286 Å². The van der Waals surface area contributed by atoms with E-state index in [-0.39, 0.29) is 37.1 Å². The Morgan fingerprint density at radius 2 is 0.441 bits per heavy atom. The molecular formula is C35H24F56O15S5. The van der Waals surface area contributed by atoms with Crippen molar-refractivity contribution in [3.8, 4) is 0 Å². The first kappa shape index (κ1) is 127. The maximum Gasteiger partial charge on any atom is 0.460 e. The van der Waals surface area contributed by atoms with Crippen LogP contribution in [0.2, 0.25) is 0 Å². The minimum atomic E-state index is -8.71. The van der Waals surface area contributed by atoms with Gasteiger partial charge < -0.3 is 22.8 Å². The third-order valence-corrected chi connectivity index (χ3v) is 16.3. The second-order valence-corrected chi connectivity index (χ2v) is 25.4. The Bertz CT molecular complexity index is 3520. The molecule has 0 bridgehead atoms. The van der Waals surface area contributed by atoms with E-state index in [4.69, 9.17) is 0 Å². The van der Waals surface area contributed by atoms with Crippen LogP contribution in [0.1, 0.15) is 6.42 Å². The summed E-state index contributed by atoms with van der Waals surface area (Å²) in [7, 11) is -37.2. The maximum absolute atomic E-state index is 13.6. The SMILES string of the molecule is O=S(=O)([O-])C(C(F)F)C(F)C(F)(F)F.O=S(=O)([O-])C(F)(C(F)C(F)(F)C(F)(F)C(F)(F)C(F)(F)F)C(F)(F)F.O=S(=O)([O-])C(F)(C(F)C(F)(F)F)C(F)(F)C(F)(F)C(F)(F)C(F)(F)C(F)(F)F.O=S(=O)([O-])C(F)(C(F)C(F)(F)F)C(F)(F)C(F)(F)C(F)(F)C(F)(F)F.O=S(=O)([O-])C(F)(CC(F)F)C(F)(F)F.[CH3+].[CH3+].[CH3+].[CH3+].[CH3+]. The molecule has 15 nitrogen and oxygen atoms in total. The average Bonchev–Trinajstić information content (AvgIpc) is 0.702. The highest BCUT2D eigenvalue weighted by atomic mass is 32.2. The number of hydrogen-bond donors (Lipinski definition) is 0. The van der Waals surface area contributed by atoms with Crippen molar-refractivity contribution in [2.24, 2.45) is 0 Å². The molecule has 0 spiro atoms. The van der Waals surface area contributed by atoms with Crippen molar-refractivity contribution in [1.82, 2.24) is 0 Å². The van der Waals surface area contributed by atoms with Crippen LogP contribution in [-0.4, -0.2) is 236 Å². The molecule has 0 rings (SSSR count). The smallest absolute Gasteiger partial charge is 0.460 e. The zero-order valence-electron chi connectivity index (χ0n) is 50.1. The average molecular weight is 1910 g/mol. The molecule has 0 aliphatic rings. The van der Waals surface area contributed by atoms with Crippen LogP contribution < -0.4 is 0 Å². The lowest BCUT2D eigenvalue weighted by Crippen LogP contribution is -2.74. The van der Waals surface area contributed by atoms with Crippen molar-refractivity contribution in [3.05, 3.63) is 37.1 Å². The van der Waals surface area contributed by atoms with Gasteiger partial charge in [-0.15, -0.1) is 0 Å². The Morgan fingerprint density at radius 3 is 0.568 bits per heavy atom. The fourth-order valence-corrected chi connectivity index (χ4v) is 8.67. The summed E-state index contributed by atoms with van der Waals surface area (Å²) >= 11 is 0. The molecule has 0 aromatic rings. The number of alkyl halides is 56. The van der Waals surface area contributed by atoms with Gasteiger partial charge in [0.25, 0.3) is 11.4 Å². The van der Waals surface area contributed by atoms with Gasteiger partial charge >= 0.3 is 124 Å². The molecule has 0 saturated carbocycles. The lowest BCUT2D eigenvalue weighted by atomic mass is 9.93. The third kappa shape index (κ3) is 23.4. The van der Waals surface area contributed by atoms with Gasteiger partial charge in [-0.25, -0.2) is 94.8 Å². The molecule has 0 fully saturated rings. The monoisotopic (exact) mass is 1910 g/mol. The van der Waals surface area contributed by atoms with Crippen LogP contribution in [0, 0.1) is 37.1 Å². The number of halogens is 56. The first-order valence-corrected chi connectivity index (χ1v) is 28.4. The Labute approximate surface area is 576 Å². The minimum Gasteiger partial charge on any atom is -0.747 e. The highest BCUT2D eigenvalue weighted by Gasteiger charge is 2.94. The van der Waals surface area contributed by atoms with E-state index in [0.29, 0.717) is 0 Å². The fraction of sp³-hybridized carbons (Fsp3) is 0.857. The largest absolute Gasteiger partial charge is 0.747 e. The van der Waals surface area contributed by atoms with Crippen LogP contribution in [0.15, 0.2) is 0 Å². The van der Waals surface area contributed by atoms with Crippen LogP contribution in [0.25, 0.3) is 0 Å². The Balaban J connectivity index is -0.000000145. The lowest BCUT2D eigenvalue weighted by molar-refractivity contribution is -0.432. The molecule has 9 atom stereocenters. The van der Waals surface area contributed by atoms with E-state index >= 15 is 0 Å². The van der Waals surface area contributed by atoms with Crippen LogP contribution in [0.4, 0.5) is 246 Å².